The average molecular weight is 242 g/mol. The molecule has 1 aliphatic rings. The summed E-state index contributed by atoms with van der Waals surface area (Å²) in [5.74, 6) is 0.223. The number of hydrogen-bond acceptors (Lipinski definition) is 2. The summed E-state index contributed by atoms with van der Waals surface area (Å²) in [6, 6.07) is 5.31. The summed E-state index contributed by atoms with van der Waals surface area (Å²) in [5, 5.41) is 9.80. The van der Waals surface area contributed by atoms with Gasteiger partial charge >= 0.3 is 6.61 Å². The second-order valence-corrected chi connectivity index (χ2v) is 4.66. The first-order valence-electron chi connectivity index (χ1n) is 5.70. The van der Waals surface area contributed by atoms with Crippen LogP contribution in [0.3, 0.4) is 0 Å². The van der Waals surface area contributed by atoms with E-state index in [9.17, 15) is 13.9 Å². The number of ether oxygens (including phenoxy) is 1. The van der Waals surface area contributed by atoms with Crippen LogP contribution in [0.15, 0.2) is 18.2 Å². The van der Waals surface area contributed by atoms with Crippen LogP contribution in [0.25, 0.3) is 0 Å². The third-order valence-electron chi connectivity index (χ3n) is 3.54. The van der Waals surface area contributed by atoms with Gasteiger partial charge in [0.05, 0.1) is 6.10 Å². The van der Waals surface area contributed by atoms with Crippen LogP contribution in [0.1, 0.15) is 30.9 Å². The molecule has 17 heavy (non-hydrogen) atoms. The van der Waals surface area contributed by atoms with Gasteiger partial charge in [-0.05, 0) is 32.3 Å². The molecule has 1 unspecified atom stereocenters. The van der Waals surface area contributed by atoms with Crippen molar-refractivity contribution in [3.8, 4) is 5.75 Å². The van der Waals surface area contributed by atoms with E-state index in [1.54, 1.807) is 26.0 Å². The summed E-state index contributed by atoms with van der Waals surface area (Å²) >= 11 is 0. The molecule has 1 N–H and O–H groups in total. The van der Waals surface area contributed by atoms with E-state index in [0.29, 0.717) is 11.1 Å². The van der Waals surface area contributed by atoms with Crippen LogP contribution in [-0.2, 0) is 5.41 Å². The Kier molecular flexibility index (Phi) is 3.08. The fourth-order valence-electron chi connectivity index (χ4n) is 2.34. The van der Waals surface area contributed by atoms with Crippen molar-refractivity contribution in [1.82, 2.24) is 0 Å². The highest BCUT2D eigenvalue weighted by molar-refractivity contribution is 5.48. The van der Waals surface area contributed by atoms with Crippen LogP contribution >= 0.6 is 0 Å². The number of alkyl halides is 2. The monoisotopic (exact) mass is 242 g/mol. The number of para-hydroxylation sites is 1. The van der Waals surface area contributed by atoms with Gasteiger partial charge in [-0.15, -0.1) is 0 Å². The van der Waals surface area contributed by atoms with Crippen molar-refractivity contribution in [3.05, 3.63) is 29.3 Å². The highest BCUT2D eigenvalue weighted by atomic mass is 19.3. The number of hydrogen-bond donors (Lipinski definition) is 1. The Balaban J connectivity index is 2.43. The molecular formula is C13H16F2O2. The lowest BCUT2D eigenvalue weighted by Gasteiger charge is -2.23. The zero-order valence-corrected chi connectivity index (χ0v) is 9.91. The van der Waals surface area contributed by atoms with Gasteiger partial charge in [-0.3, -0.25) is 0 Å². The maximum atomic E-state index is 12.4. The lowest BCUT2D eigenvalue weighted by Crippen LogP contribution is -2.24. The lowest BCUT2D eigenvalue weighted by molar-refractivity contribution is -0.0516. The van der Waals surface area contributed by atoms with Crippen LogP contribution in [-0.4, -0.2) is 17.8 Å². The molecule has 0 radical (unpaired) electrons. The Morgan fingerprint density at radius 3 is 2.47 bits per heavy atom. The standard InChI is InChI=1S/C13H16F2O2/c1-8-4-3-5-10(11(8)17-12(14)15)13(6-7-13)9(2)16/h3-5,9,12,16H,6-7H2,1-2H3. The van der Waals surface area contributed by atoms with E-state index in [1.165, 1.54) is 0 Å². The topological polar surface area (TPSA) is 29.5 Å². The molecule has 1 fully saturated rings. The van der Waals surface area contributed by atoms with Gasteiger partial charge in [-0.2, -0.15) is 8.78 Å². The lowest BCUT2D eigenvalue weighted by atomic mass is 9.89. The van der Waals surface area contributed by atoms with Gasteiger partial charge in [-0.1, -0.05) is 18.2 Å². The average Bonchev–Trinajstić information content (AvgIpc) is 3.01. The molecule has 0 saturated heterocycles. The van der Waals surface area contributed by atoms with Gasteiger partial charge in [0.15, 0.2) is 0 Å². The largest absolute Gasteiger partial charge is 0.434 e. The van der Waals surface area contributed by atoms with Gasteiger partial charge in [0.2, 0.25) is 0 Å². The number of rotatable bonds is 4. The molecule has 4 heteroatoms. The first-order valence-corrected chi connectivity index (χ1v) is 5.70. The van der Waals surface area contributed by atoms with E-state index >= 15 is 0 Å². The second kappa shape index (κ2) is 4.26. The SMILES string of the molecule is Cc1cccc(C2(C(C)O)CC2)c1OC(F)F. The number of halogens is 2. The zero-order valence-electron chi connectivity index (χ0n) is 9.91. The maximum Gasteiger partial charge on any atom is 0.387 e. The van der Waals surface area contributed by atoms with Gasteiger partial charge in [0, 0.05) is 11.0 Å². The van der Waals surface area contributed by atoms with E-state index in [4.69, 9.17) is 0 Å². The molecule has 2 rings (SSSR count). The molecule has 94 valence electrons. The van der Waals surface area contributed by atoms with Crippen molar-refractivity contribution in [3.63, 3.8) is 0 Å². The molecule has 0 aromatic heterocycles. The fraction of sp³-hybridized carbons (Fsp3) is 0.538. The fourth-order valence-corrected chi connectivity index (χ4v) is 2.34. The molecule has 1 aromatic carbocycles. The Hall–Kier alpha value is -1.16. The molecule has 1 atom stereocenters. The molecular weight excluding hydrogens is 226 g/mol. The van der Waals surface area contributed by atoms with Crippen molar-refractivity contribution in [2.24, 2.45) is 0 Å². The van der Waals surface area contributed by atoms with E-state index < -0.39 is 18.1 Å². The van der Waals surface area contributed by atoms with Crippen LogP contribution in [0.2, 0.25) is 0 Å². The summed E-state index contributed by atoms with van der Waals surface area (Å²) in [5.41, 5.74) is 0.985. The Labute approximate surface area is 99.2 Å². The minimum Gasteiger partial charge on any atom is -0.434 e. The molecule has 1 aliphatic carbocycles. The van der Waals surface area contributed by atoms with Crippen molar-refractivity contribution < 1.29 is 18.6 Å². The van der Waals surface area contributed by atoms with Crippen LogP contribution < -0.4 is 4.74 Å². The summed E-state index contributed by atoms with van der Waals surface area (Å²) in [6.07, 6.45) is 1.07. The molecule has 1 saturated carbocycles. The van der Waals surface area contributed by atoms with Crippen LogP contribution in [0.5, 0.6) is 5.75 Å². The van der Waals surface area contributed by atoms with E-state index in [2.05, 4.69) is 4.74 Å². The molecule has 0 aliphatic heterocycles. The summed E-state index contributed by atoms with van der Waals surface area (Å²) < 4.78 is 29.4. The predicted octanol–water partition coefficient (Wildman–Crippen LogP) is 3.01. The Morgan fingerprint density at radius 1 is 1.35 bits per heavy atom. The number of aliphatic hydroxyl groups excluding tert-OH is 1. The first-order chi connectivity index (χ1) is 7.97. The number of aliphatic hydroxyl groups is 1. The molecule has 0 bridgehead atoms. The third kappa shape index (κ3) is 2.14. The van der Waals surface area contributed by atoms with Crippen LogP contribution in [0, 0.1) is 6.92 Å². The van der Waals surface area contributed by atoms with Gasteiger partial charge in [-0.25, -0.2) is 0 Å². The van der Waals surface area contributed by atoms with E-state index in [1.807, 2.05) is 6.07 Å². The van der Waals surface area contributed by atoms with Gasteiger partial charge < -0.3 is 9.84 Å². The summed E-state index contributed by atoms with van der Waals surface area (Å²) in [7, 11) is 0. The highest BCUT2D eigenvalue weighted by Gasteiger charge is 2.50. The normalized spacial score (nSPS) is 19.2. The van der Waals surface area contributed by atoms with Crippen molar-refractivity contribution in [1.29, 1.82) is 0 Å². The zero-order chi connectivity index (χ0) is 12.6. The molecule has 0 amide bonds. The highest BCUT2D eigenvalue weighted by Crippen LogP contribution is 2.54. The predicted molar refractivity (Wildman–Crippen MR) is 60.4 cm³/mol. The molecule has 2 nitrogen and oxygen atoms in total. The molecule has 0 spiro atoms. The summed E-state index contributed by atoms with van der Waals surface area (Å²) in [4.78, 5) is 0. The number of aryl methyl sites for hydroxylation is 1. The molecule has 1 aromatic rings. The number of benzene rings is 1. The minimum absolute atomic E-state index is 0.223. The maximum absolute atomic E-state index is 12.4. The van der Waals surface area contributed by atoms with Crippen LogP contribution in [0.4, 0.5) is 8.78 Å². The quantitative estimate of drug-likeness (QED) is 0.879. The second-order valence-electron chi connectivity index (χ2n) is 4.66. The minimum atomic E-state index is -2.83. The Morgan fingerprint density at radius 2 is 2.00 bits per heavy atom. The van der Waals surface area contributed by atoms with Crippen molar-refractivity contribution in [2.45, 2.75) is 44.8 Å². The van der Waals surface area contributed by atoms with E-state index in [0.717, 1.165) is 12.8 Å². The van der Waals surface area contributed by atoms with Crippen molar-refractivity contribution >= 4 is 0 Å². The van der Waals surface area contributed by atoms with Gasteiger partial charge in [0.1, 0.15) is 5.75 Å². The Bertz CT molecular complexity index is 412. The smallest absolute Gasteiger partial charge is 0.387 e. The summed E-state index contributed by atoms with van der Waals surface area (Å²) in [6.45, 7) is 0.598. The van der Waals surface area contributed by atoms with Gasteiger partial charge in [0.25, 0.3) is 0 Å². The molecule has 0 heterocycles. The van der Waals surface area contributed by atoms with E-state index in [-0.39, 0.29) is 5.75 Å². The third-order valence-corrected chi connectivity index (χ3v) is 3.54. The van der Waals surface area contributed by atoms with Crippen molar-refractivity contribution in [2.75, 3.05) is 0 Å². The first kappa shape index (κ1) is 12.3.